The number of imidazole rings is 1. The van der Waals surface area contributed by atoms with Gasteiger partial charge in [-0.3, -0.25) is 4.79 Å². The summed E-state index contributed by atoms with van der Waals surface area (Å²) < 4.78 is 2.71. The zero-order valence-electron chi connectivity index (χ0n) is 21.6. The van der Waals surface area contributed by atoms with Crippen LogP contribution in [-0.4, -0.2) is 60.9 Å². The normalized spacial score (nSPS) is 29.8. The summed E-state index contributed by atoms with van der Waals surface area (Å²) in [7, 11) is 1.55. The van der Waals surface area contributed by atoms with Gasteiger partial charge in [-0.05, 0) is 42.5 Å². The third-order valence-corrected chi connectivity index (χ3v) is 9.04. The highest BCUT2D eigenvalue weighted by Gasteiger charge is 2.75. The van der Waals surface area contributed by atoms with Gasteiger partial charge in [-0.1, -0.05) is 58.2 Å². The Kier molecular flexibility index (Phi) is 5.93. The Hall–Kier alpha value is -3.78. The summed E-state index contributed by atoms with van der Waals surface area (Å²) in [6.45, 7) is 0. The number of nitrogens with one attached hydrogen (secondary N) is 2. The third kappa shape index (κ3) is 4.00. The summed E-state index contributed by atoms with van der Waals surface area (Å²) in [6, 6.07) is 17.7. The van der Waals surface area contributed by atoms with Crippen molar-refractivity contribution in [2.24, 2.45) is 11.3 Å². The maximum absolute atomic E-state index is 12.7. The Morgan fingerprint density at radius 2 is 1.95 bits per heavy atom. The number of aliphatic hydroxyl groups excluding tert-OH is 2. The van der Waals surface area contributed by atoms with E-state index in [1.54, 1.807) is 17.9 Å². The van der Waals surface area contributed by atoms with Crippen LogP contribution < -0.4 is 10.6 Å². The summed E-state index contributed by atoms with van der Waals surface area (Å²) in [4.78, 5) is 26.8. The van der Waals surface area contributed by atoms with Crippen molar-refractivity contribution < 1.29 is 15.0 Å². The maximum atomic E-state index is 12.7. The molecule has 2 aromatic heterocycles. The Labute approximate surface area is 239 Å². The predicted molar refractivity (Wildman–Crippen MR) is 152 cm³/mol. The number of nitrogens with zero attached hydrogens (tertiary/aromatic N) is 4. The summed E-state index contributed by atoms with van der Waals surface area (Å²) in [6.07, 6.45) is 0.771. The van der Waals surface area contributed by atoms with E-state index in [4.69, 9.17) is 9.97 Å². The Morgan fingerprint density at radius 1 is 1.12 bits per heavy atom. The molecule has 1 amide bonds. The van der Waals surface area contributed by atoms with E-state index in [9.17, 15) is 15.0 Å². The average Bonchev–Trinajstić information content (AvgIpc) is 3.85. The molecular weight excluding hydrogens is 572 g/mol. The number of amides is 1. The van der Waals surface area contributed by atoms with Gasteiger partial charge in [0.15, 0.2) is 17.0 Å². The van der Waals surface area contributed by atoms with Crippen molar-refractivity contribution in [3.05, 3.63) is 82.3 Å². The molecular formula is C30H27BrN6O3. The molecule has 4 N–H and O–H groups in total. The minimum Gasteiger partial charge on any atom is -0.389 e. The van der Waals surface area contributed by atoms with Crippen LogP contribution in [-0.2, 0) is 4.79 Å². The molecule has 202 valence electrons. The molecule has 3 fully saturated rings. The molecule has 2 heterocycles. The molecule has 9 nitrogen and oxygen atoms in total. The van der Waals surface area contributed by atoms with Crippen molar-refractivity contribution in [2.45, 2.75) is 43.1 Å². The molecule has 10 heteroatoms. The fraction of sp³-hybridized carbons (Fsp3) is 0.333. The highest BCUT2D eigenvalue weighted by Crippen LogP contribution is 2.67. The number of hydrogen-bond donors (Lipinski definition) is 4. The number of benzene rings is 2. The van der Waals surface area contributed by atoms with Gasteiger partial charge in [0.1, 0.15) is 6.10 Å². The van der Waals surface area contributed by atoms with Crippen LogP contribution in [0, 0.1) is 23.2 Å². The van der Waals surface area contributed by atoms with Crippen molar-refractivity contribution in [3.63, 3.8) is 0 Å². The first kappa shape index (κ1) is 25.2. The van der Waals surface area contributed by atoms with E-state index in [-0.39, 0.29) is 17.9 Å². The Bertz CT molecular complexity index is 1700. The quantitative estimate of drug-likeness (QED) is 0.260. The summed E-state index contributed by atoms with van der Waals surface area (Å²) in [5.41, 5.74) is 2.15. The molecule has 40 heavy (non-hydrogen) atoms. The molecule has 7 unspecified atom stereocenters. The van der Waals surface area contributed by atoms with E-state index in [0.29, 0.717) is 35.1 Å². The van der Waals surface area contributed by atoms with Crippen LogP contribution in [0.5, 0.6) is 0 Å². The second-order valence-electron chi connectivity index (χ2n) is 10.8. The number of halogens is 1. The lowest BCUT2D eigenvalue weighted by Crippen LogP contribution is -2.41. The highest BCUT2D eigenvalue weighted by atomic mass is 79.9. The minimum atomic E-state index is -1.17. The van der Waals surface area contributed by atoms with Crippen LogP contribution in [0.2, 0.25) is 0 Å². The van der Waals surface area contributed by atoms with Gasteiger partial charge in [0, 0.05) is 35.0 Å². The molecule has 2 aromatic carbocycles. The molecule has 3 aliphatic carbocycles. The van der Waals surface area contributed by atoms with Crippen LogP contribution >= 0.6 is 15.9 Å². The number of aliphatic hydroxyl groups is 2. The van der Waals surface area contributed by atoms with Gasteiger partial charge in [-0.2, -0.15) is 0 Å². The van der Waals surface area contributed by atoms with Gasteiger partial charge in [0.05, 0.1) is 23.9 Å². The van der Waals surface area contributed by atoms with Gasteiger partial charge in [0.25, 0.3) is 0 Å². The lowest BCUT2D eigenvalue weighted by Gasteiger charge is -2.23. The zero-order chi connectivity index (χ0) is 27.6. The Balaban J connectivity index is 1.28. The van der Waals surface area contributed by atoms with E-state index in [2.05, 4.69) is 55.5 Å². The fourth-order valence-electron chi connectivity index (χ4n) is 6.37. The van der Waals surface area contributed by atoms with Gasteiger partial charge in [-0.15, -0.1) is 0 Å². The first-order valence-electron chi connectivity index (χ1n) is 13.3. The molecule has 0 radical (unpaired) electrons. The molecule has 3 saturated carbocycles. The largest absolute Gasteiger partial charge is 0.389 e. The second-order valence-corrected chi connectivity index (χ2v) is 11.8. The van der Waals surface area contributed by atoms with Crippen LogP contribution in [0.4, 0.5) is 5.82 Å². The smallest absolute Gasteiger partial charge is 0.229 e. The van der Waals surface area contributed by atoms with E-state index in [1.165, 1.54) is 5.56 Å². The van der Waals surface area contributed by atoms with Gasteiger partial charge >= 0.3 is 0 Å². The van der Waals surface area contributed by atoms with Gasteiger partial charge < -0.3 is 25.4 Å². The van der Waals surface area contributed by atoms with Crippen molar-refractivity contribution >= 4 is 38.8 Å². The number of carbonyl (C=O) groups excluding carboxylic acids is 1. The first-order valence-corrected chi connectivity index (χ1v) is 14.1. The molecule has 0 aliphatic heterocycles. The number of anilines is 1. The number of rotatable bonds is 5. The minimum absolute atomic E-state index is 0.194. The van der Waals surface area contributed by atoms with Crippen molar-refractivity contribution in [1.82, 2.24) is 24.8 Å². The highest BCUT2D eigenvalue weighted by molar-refractivity contribution is 9.10. The lowest BCUT2D eigenvalue weighted by atomic mass is 9.98. The van der Waals surface area contributed by atoms with Gasteiger partial charge in [0.2, 0.25) is 11.7 Å². The van der Waals surface area contributed by atoms with E-state index < -0.39 is 23.7 Å². The van der Waals surface area contributed by atoms with E-state index in [0.717, 1.165) is 16.5 Å². The first-order chi connectivity index (χ1) is 19.4. The average molecular weight is 599 g/mol. The van der Waals surface area contributed by atoms with E-state index in [1.807, 2.05) is 42.5 Å². The third-order valence-electron chi connectivity index (χ3n) is 8.55. The molecule has 3 aliphatic rings. The Morgan fingerprint density at radius 3 is 2.73 bits per heavy atom. The van der Waals surface area contributed by atoms with Crippen LogP contribution in [0.3, 0.4) is 0 Å². The standard InChI is InChI=1S/C30H27BrN6O3/c1-32-29(40)30-14-20(30)24(25(38)26(30)39)37-15-33-23-27(34-21-13-19(21)17-7-3-2-4-8-17)35-22(36-28(23)37)11-10-16-6-5-9-18(31)12-16/h2-9,12,15,19-21,24-26,38-39H,13-14H2,1H3,(H,32,40)(H,34,35,36). The molecule has 7 atom stereocenters. The molecule has 7 rings (SSSR count). The monoisotopic (exact) mass is 598 g/mol. The number of fused-ring (bicyclic) bond motifs is 2. The molecule has 0 spiro atoms. The summed E-state index contributed by atoms with van der Waals surface area (Å²) in [5, 5.41) is 28.2. The number of hydrogen-bond acceptors (Lipinski definition) is 7. The summed E-state index contributed by atoms with van der Waals surface area (Å²) >= 11 is 3.48. The predicted octanol–water partition coefficient (Wildman–Crippen LogP) is 2.99. The molecule has 4 aromatic rings. The number of carbonyl (C=O) groups is 1. The second kappa shape index (κ2) is 9.41. The summed E-state index contributed by atoms with van der Waals surface area (Å²) in [5.74, 6) is 7.00. The number of aromatic nitrogens is 4. The van der Waals surface area contributed by atoms with Crippen LogP contribution in [0.25, 0.3) is 11.2 Å². The fourth-order valence-corrected chi connectivity index (χ4v) is 6.77. The van der Waals surface area contributed by atoms with Crippen molar-refractivity contribution in [2.75, 3.05) is 12.4 Å². The van der Waals surface area contributed by atoms with Crippen LogP contribution in [0.15, 0.2) is 65.4 Å². The zero-order valence-corrected chi connectivity index (χ0v) is 23.2. The molecule has 0 bridgehead atoms. The molecule has 0 saturated heterocycles. The van der Waals surface area contributed by atoms with Crippen LogP contribution in [0.1, 0.15) is 41.8 Å². The van der Waals surface area contributed by atoms with Crippen molar-refractivity contribution in [3.8, 4) is 11.8 Å². The topological polar surface area (TPSA) is 125 Å². The van der Waals surface area contributed by atoms with Gasteiger partial charge in [-0.25, -0.2) is 15.0 Å². The SMILES string of the molecule is CNC(=O)C12CC1C(n1cnc3c(NC4CC4c4ccccc4)nc(C#Cc4cccc(Br)c4)nc31)C(O)C2O. The maximum Gasteiger partial charge on any atom is 0.229 e. The van der Waals surface area contributed by atoms with E-state index >= 15 is 0 Å². The van der Waals surface area contributed by atoms with Crippen molar-refractivity contribution in [1.29, 1.82) is 0 Å². The lowest BCUT2D eigenvalue weighted by molar-refractivity contribution is -0.132.